The van der Waals surface area contributed by atoms with Gasteiger partial charge >= 0.3 is 11.9 Å². The average Bonchev–Trinajstić information content (AvgIpc) is 3.34. The van der Waals surface area contributed by atoms with Crippen LogP contribution in [0.5, 0.6) is 11.5 Å². The summed E-state index contributed by atoms with van der Waals surface area (Å²) in [4.78, 5) is 24.7. The number of esters is 2. The number of aromatic hydroxyl groups is 2. The van der Waals surface area contributed by atoms with Crippen molar-refractivity contribution in [1.82, 2.24) is 0 Å². The number of phenols is 2. The van der Waals surface area contributed by atoms with Gasteiger partial charge in [-0.05, 0) is 42.0 Å². The number of hydrogen-bond acceptors (Lipinski definition) is 12. The van der Waals surface area contributed by atoms with Crippen molar-refractivity contribution in [1.29, 1.82) is 0 Å². The molecule has 6 N–H and O–H groups in total. The van der Waals surface area contributed by atoms with Gasteiger partial charge in [0.05, 0.1) is 19.1 Å². The summed E-state index contributed by atoms with van der Waals surface area (Å²) in [6.07, 6.45) is -4.80. The van der Waals surface area contributed by atoms with E-state index in [1.165, 1.54) is 24.3 Å². The fraction of sp³-hybridized carbons (Fsp3) is 0.600. The number of benzene rings is 1. The molecule has 2 saturated heterocycles. The van der Waals surface area contributed by atoms with Crippen molar-refractivity contribution in [3.05, 3.63) is 29.8 Å². The Kier molecular flexibility index (Phi) is 8.36. The van der Waals surface area contributed by atoms with Gasteiger partial charge in [0.1, 0.15) is 24.4 Å². The standard InChI is InChI=1S/C25H32O12/c1-11-6-17-20(13(11)8-26)14(24(33)35-17)10-34-25-22(32)21(31)23(18(9-27)36-25)37-19(30)5-3-12-2-4-15(28)16(29)7-12/h2-5,7,11,13-14,17-18,20-23,25-29,31-32H,6,8-10H2,1H3/b5-3+/t11-,13-,14-,17-,18+,20-,21+,22+,23+,25+/m0/s1. The molecule has 1 aliphatic carbocycles. The van der Waals surface area contributed by atoms with Crippen LogP contribution in [0.3, 0.4) is 0 Å². The van der Waals surface area contributed by atoms with Crippen molar-refractivity contribution < 1.29 is 59.2 Å². The molecule has 3 fully saturated rings. The topological polar surface area (TPSA) is 192 Å². The number of hydrogen-bond donors (Lipinski definition) is 6. The van der Waals surface area contributed by atoms with E-state index in [1.807, 2.05) is 6.92 Å². The summed E-state index contributed by atoms with van der Waals surface area (Å²) in [5.41, 5.74) is 0.382. The molecule has 2 heterocycles. The summed E-state index contributed by atoms with van der Waals surface area (Å²) in [6.45, 7) is 1.02. The van der Waals surface area contributed by atoms with E-state index < -0.39 is 55.2 Å². The smallest absolute Gasteiger partial charge is 0.331 e. The Labute approximate surface area is 212 Å². The van der Waals surface area contributed by atoms with Crippen LogP contribution in [-0.2, 0) is 28.5 Å². The van der Waals surface area contributed by atoms with E-state index >= 15 is 0 Å². The third-order valence-electron chi connectivity index (χ3n) is 7.43. The summed E-state index contributed by atoms with van der Waals surface area (Å²) >= 11 is 0. The van der Waals surface area contributed by atoms with E-state index in [-0.39, 0.29) is 48.6 Å². The third kappa shape index (κ3) is 5.59. The molecular weight excluding hydrogens is 492 g/mol. The number of ether oxygens (including phenoxy) is 4. The van der Waals surface area contributed by atoms with Crippen LogP contribution in [0.4, 0.5) is 0 Å². The van der Waals surface area contributed by atoms with Gasteiger partial charge < -0.3 is 49.6 Å². The van der Waals surface area contributed by atoms with Crippen molar-refractivity contribution in [2.24, 2.45) is 23.7 Å². The maximum Gasteiger partial charge on any atom is 0.331 e. The summed E-state index contributed by atoms with van der Waals surface area (Å²) in [6, 6.07) is 3.90. The van der Waals surface area contributed by atoms with Gasteiger partial charge in [-0.1, -0.05) is 13.0 Å². The molecule has 0 spiro atoms. The molecule has 12 nitrogen and oxygen atoms in total. The predicted octanol–water partition coefficient (Wildman–Crippen LogP) is -0.716. The van der Waals surface area contributed by atoms with Crippen LogP contribution < -0.4 is 0 Å². The number of aliphatic hydroxyl groups excluding tert-OH is 4. The monoisotopic (exact) mass is 524 g/mol. The number of aliphatic hydroxyl groups is 4. The van der Waals surface area contributed by atoms with Gasteiger partial charge in [0.25, 0.3) is 0 Å². The summed E-state index contributed by atoms with van der Waals surface area (Å²) in [5, 5.41) is 59.6. The summed E-state index contributed by atoms with van der Waals surface area (Å²) in [5.74, 6) is -3.00. The summed E-state index contributed by atoms with van der Waals surface area (Å²) in [7, 11) is 0. The molecular formula is C25H32O12. The highest BCUT2D eigenvalue weighted by Gasteiger charge is 2.55. The second kappa shape index (κ2) is 11.3. The largest absolute Gasteiger partial charge is 0.504 e. The van der Waals surface area contributed by atoms with Crippen LogP contribution in [0.1, 0.15) is 18.9 Å². The average molecular weight is 525 g/mol. The van der Waals surface area contributed by atoms with Crippen molar-refractivity contribution >= 4 is 18.0 Å². The molecule has 204 valence electrons. The SMILES string of the molecule is C[C@H]1C[C@@H]2OC(=O)[C@@H](CO[C@@H]3O[C@H](CO)[C@@H](OC(=O)/C=C/c4ccc(O)c(O)c4)[C@H](O)[C@H]3O)[C@@H]2[C@H]1CO. The van der Waals surface area contributed by atoms with E-state index in [1.54, 1.807) is 0 Å². The van der Waals surface area contributed by atoms with Crippen LogP contribution >= 0.6 is 0 Å². The van der Waals surface area contributed by atoms with Crippen LogP contribution in [0.25, 0.3) is 6.08 Å². The van der Waals surface area contributed by atoms with Crippen LogP contribution in [-0.4, -0.2) is 99.2 Å². The second-order valence-electron chi connectivity index (χ2n) is 9.74. The van der Waals surface area contributed by atoms with Gasteiger partial charge in [-0.25, -0.2) is 4.79 Å². The number of fused-ring (bicyclic) bond motifs is 1. The van der Waals surface area contributed by atoms with Crippen LogP contribution in [0.2, 0.25) is 0 Å². The fourth-order valence-corrected chi connectivity index (χ4v) is 5.43. The molecule has 10 atom stereocenters. The maximum absolute atomic E-state index is 12.4. The summed E-state index contributed by atoms with van der Waals surface area (Å²) < 4.78 is 21.9. The van der Waals surface area contributed by atoms with Crippen LogP contribution in [0, 0.1) is 23.7 Å². The Morgan fingerprint density at radius 3 is 2.57 bits per heavy atom. The normalized spacial score (nSPS) is 37.5. The molecule has 0 radical (unpaired) electrons. The lowest BCUT2D eigenvalue weighted by atomic mass is 9.83. The van der Waals surface area contributed by atoms with Gasteiger partial charge in [-0.3, -0.25) is 4.79 Å². The first-order valence-corrected chi connectivity index (χ1v) is 12.1. The molecule has 0 unspecified atom stereocenters. The second-order valence-corrected chi connectivity index (χ2v) is 9.74. The van der Waals surface area contributed by atoms with E-state index in [9.17, 15) is 40.2 Å². The lowest BCUT2D eigenvalue weighted by Gasteiger charge is -2.41. The fourth-order valence-electron chi connectivity index (χ4n) is 5.43. The Morgan fingerprint density at radius 2 is 1.89 bits per heavy atom. The number of carbonyl (C=O) groups is 2. The van der Waals surface area contributed by atoms with Gasteiger partial charge in [0, 0.05) is 18.6 Å². The molecule has 37 heavy (non-hydrogen) atoms. The Morgan fingerprint density at radius 1 is 1.14 bits per heavy atom. The van der Waals surface area contributed by atoms with Crippen LogP contribution in [0.15, 0.2) is 24.3 Å². The molecule has 1 aromatic rings. The van der Waals surface area contributed by atoms with Gasteiger partial charge in [0.15, 0.2) is 23.9 Å². The first-order chi connectivity index (χ1) is 17.6. The molecule has 0 amide bonds. The van der Waals surface area contributed by atoms with Crippen molar-refractivity contribution in [2.45, 2.75) is 50.2 Å². The van der Waals surface area contributed by atoms with Gasteiger partial charge in [-0.2, -0.15) is 0 Å². The first-order valence-electron chi connectivity index (χ1n) is 12.1. The lowest BCUT2D eigenvalue weighted by Crippen LogP contribution is -2.60. The zero-order chi connectivity index (χ0) is 26.9. The van der Waals surface area contributed by atoms with Crippen molar-refractivity contribution in [3.63, 3.8) is 0 Å². The van der Waals surface area contributed by atoms with Gasteiger partial charge in [0.2, 0.25) is 0 Å². The highest BCUT2D eigenvalue weighted by molar-refractivity contribution is 5.87. The molecule has 1 aromatic carbocycles. The molecule has 0 aromatic heterocycles. The molecule has 4 rings (SSSR count). The lowest BCUT2D eigenvalue weighted by molar-refractivity contribution is -0.304. The zero-order valence-corrected chi connectivity index (χ0v) is 20.1. The van der Waals surface area contributed by atoms with Gasteiger partial charge in [-0.15, -0.1) is 0 Å². The molecule has 0 bridgehead atoms. The Balaban J connectivity index is 1.36. The minimum Gasteiger partial charge on any atom is -0.504 e. The minimum atomic E-state index is -1.68. The van der Waals surface area contributed by atoms with Crippen molar-refractivity contribution in [3.8, 4) is 11.5 Å². The predicted molar refractivity (Wildman–Crippen MR) is 124 cm³/mol. The third-order valence-corrected chi connectivity index (χ3v) is 7.43. The first kappa shape index (κ1) is 27.3. The molecule has 12 heteroatoms. The molecule has 3 aliphatic rings. The quantitative estimate of drug-likeness (QED) is 0.142. The highest BCUT2D eigenvalue weighted by atomic mass is 16.7. The number of rotatable bonds is 8. The minimum absolute atomic E-state index is 0.0985. The van der Waals surface area contributed by atoms with E-state index in [0.717, 1.165) is 6.08 Å². The number of phenolic OH excluding ortho intramolecular Hbond substituents is 2. The van der Waals surface area contributed by atoms with E-state index in [0.29, 0.717) is 12.0 Å². The Bertz CT molecular complexity index is 1010. The van der Waals surface area contributed by atoms with E-state index in [2.05, 4.69) is 0 Å². The van der Waals surface area contributed by atoms with E-state index in [4.69, 9.17) is 18.9 Å². The highest BCUT2D eigenvalue weighted by Crippen LogP contribution is 2.47. The van der Waals surface area contributed by atoms with Crippen molar-refractivity contribution in [2.75, 3.05) is 19.8 Å². The number of carbonyl (C=O) groups excluding carboxylic acids is 2. The molecule has 2 aliphatic heterocycles. The maximum atomic E-state index is 12.4. The molecule has 1 saturated carbocycles. The Hall–Kier alpha value is -2.74. The zero-order valence-electron chi connectivity index (χ0n) is 20.1.